The van der Waals surface area contributed by atoms with Gasteiger partial charge in [-0.3, -0.25) is 4.79 Å². The Morgan fingerprint density at radius 3 is 2.60 bits per heavy atom. The standard InChI is InChI=1S/C14H17F2NO3/c1-2-3-4-12(14(19)20)17-13(18)7-9-5-6-10(15)8-11(9)16/h5-6,8,12H,2-4,7H2,1H3,(H,17,18)(H,19,20). The Bertz CT molecular complexity index is 491. The van der Waals surface area contributed by atoms with E-state index in [2.05, 4.69) is 5.32 Å². The number of halogens is 2. The summed E-state index contributed by atoms with van der Waals surface area (Å²) >= 11 is 0. The predicted octanol–water partition coefficient (Wildman–Crippen LogP) is 2.27. The molecule has 1 aromatic rings. The minimum atomic E-state index is -1.12. The minimum absolute atomic E-state index is 0.0310. The van der Waals surface area contributed by atoms with Crippen LogP contribution in [0.1, 0.15) is 31.7 Å². The van der Waals surface area contributed by atoms with Gasteiger partial charge in [-0.25, -0.2) is 13.6 Å². The van der Waals surface area contributed by atoms with Gasteiger partial charge in [-0.1, -0.05) is 25.8 Å². The molecule has 1 atom stereocenters. The van der Waals surface area contributed by atoms with E-state index in [1.54, 1.807) is 0 Å². The summed E-state index contributed by atoms with van der Waals surface area (Å²) in [7, 11) is 0. The summed E-state index contributed by atoms with van der Waals surface area (Å²) in [6.07, 6.45) is 1.49. The molecule has 0 saturated carbocycles. The maximum atomic E-state index is 13.4. The summed E-state index contributed by atoms with van der Waals surface area (Å²) in [6, 6.07) is 1.93. The molecule has 0 saturated heterocycles. The Morgan fingerprint density at radius 1 is 1.35 bits per heavy atom. The highest BCUT2D eigenvalue weighted by Gasteiger charge is 2.19. The summed E-state index contributed by atoms with van der Waals surface area (Å²) in [4.78, 5) is 22.7. The lowest BCUT2D eigenvalue weighted by atomic mass is 10.1. The van der Waals surface area contributed by atoms with E-state index in [1.165, 1.54) is 6.07 Å². The number of carbonyl (C=O) groups excluding carboxylic acids is 1. The van der Waals surface area contributed by atoms with Gasteiger partial charge >= 0.3 is 5.97 Å². The lowest BCUT2D eigenvalue weighted by Gasteiger charge is -2.14. The van der Waals surface area contributed by atoms with Gasteiger partial charge in [0.1, 0.15) is 17.7 Å². The molecule has 1 unspecified atom stereocenters. The quantitative estimate of drug-likeness (QED) is 0.807. The van der Waals surface area contributed by atoms with E-state index in [9.17, 15) is 18.4 Å². The molecule has 0 fully saturated rings. The van der Waals surface area contributed by atoms with E-state index in [-0.39, 0.29) is 12.0 Å². The van der Waals surface area contributed by atoms with Gasteiger partial charge in [-0.2, -0.15) is 0 Å². The number of unbranched alkanes of at least 4 members (excludes halogenated alkanes) is 1. The van der Waals surface area contributed by atoms with Crippen molar-refractivity contribution in [1.82, 2.24) is 5.32 Å². The molecule has 0 spiro atoms. The van der Waals surface area contributed by atoms with Crippen LogP contribution >= 0.6 is 0 Å². The first-order valence-electron chi connectivity index (χ1n) is 6.40. The van der Waals surface area contributed by atoms with Crippen LogP contribution in [-0.4, -0.2) is 23.0 Å². The molecule has 2 N–H and O–H groups in total. The highest BCUT2D eigenvalue weighted by molar-refractivity contribution is 5.84. The monoisotopic (exact) mass is 285 g/mol. The molecule has 0 bridgehead atoms. The molecule has 0 radical (unpaired) electrons. The number of carboxylic acid groups (broad SMARTS) is 1. The summed E-state index contributed by atoms with van der Waals surface area (Å²) in [6.45, 7) is 1.91. The van der Waals surface area contributed by atoms with Crippen LogP contribution in [0.3, 0.4) is 0 Å². The van der Waals surface area contributed by atoms with E-state index >= 15 is 0 Å². The lowest BCUT2D eigenvalue weighted by molar-refractivity contribution is -0.142. The van der Waals surface area contributed by atoms with E-state index in [4.69, 9.17) is 5.11 Å². The molecular weight excluding hydrogens is 268 g/mol. The van der Waals surface area contributed by atoms with Crippen molar-refractivity contribution in [3.63, 3.8) is 0 Å². The van der Waals surface area contributed by atoms with Crippen LogP contribution in [0.4, 0.5) is 8.78 Å². The molecule has 6 heteroatoms. The average Bonchev–Trinajstić information content (AvgIpc) is 2.37. The Kier molecular flexibility index (Phi) is 6.09. The fourth-order valence-electron chi connectivity index (χ4n) is 1.75. The van der Waals surface area contributed by atoms with Gasteiger partial charge in [-0.05, 0) is 18.1 Å². The normalized spacial score (nSPS) is 11.9. The zero-order valence-electron chi connectivity index (χ0n) is 11.2. The lowest BCUT2D eigenvalue weighted by Crippen LogP contribution is -2.41. The number of hydrogen-bond acceptors (Lipinski definition) is 2. The maximum Gasteiger partial charge on any atom is 0.326 e. The number of rotatable bonds is 7. The van der Waals surface area contributed by atoms with Crippen molar-refractivity contribution in [2.45, 2.75) is 38.6 Å². The molecule has 4 nitrogen and oxygen atoms in total. The number of nitrogens with one attached hydrogen (secondary N) is 1. The number of aliphatic carboxylic acids is 1. The number of benzene rings is 1. The van der Waals surface area contributed by atoms with E-state index in [1.807, 2.05) is 6.92 Å². The van der Waals surface area contributed by atoms with Crippen LogP contribution in [0.15, 0.2) is 18.2 Å². The summed E-state index contributed by atoms with van der Waals surface area (Å²) in [5.74, 6) is -3.26. The van der Waals surface area contributed by atoms with E-state index in [0.29, 0.717) is 18.9 Å². The van der Waals surface area contributed by atoms with Crippen LogP contribution in [-0.2, 0) is 16.0 Å². The van der Waals surface area contributed by atoms with E-state index in [0.717, 1.165) is 12.5 Å². The number of amides is 1. The number of carboxylic acids is 1. The Balaban J connectivity index is 2.63. The zero-order chi connectivity index (χ0) is 15.1. The summed E-state index contributed by atoms with van der Waals surface area (Å²) in [5.41, 5.74) is 0.0310. The third-order valence-electron chi connectivity index (χ3n) is 2.85. The van der Waals surface area contributed by atoms with Crippen molar-refractivity contribution in [2.75, 3.05) is 0 Å². The molecule has 110 valence electrons. The molecule has 1 rings (SSSR count). The fraction of sp³-hybridized carbons (Fsp3) is 0.429. The number of carbonyl (C=O) groups is 2. The van der Waals surface area contributed by atoms with Crippen LogP contribution in [0, 0.1) is 11.6 Å². The smallest absolute Gasteiger partial charge is 0.326 e. The molecular formula is C14H17F2NO3. The average molecular weight is 285 g/mol. The molecule has 1 aromatic carbocycles. The number of hydrogen-bond donors (Lipinski definition) is 2. The van der Waals surface area contributed by atoms with Gasteiger partial charge in [0.15, 0.2) is 0 Å². The van der Waals surface area contributed by atoms with Gasteiger partial charge in [0.25, 0.3) is 0 Å². The van der Waals surface area contributed by atoms with Gasteiger partial charge in [0.2, 0.25) is 5.91 Å². The second-order valence-electron chi connectivity index (χ2n) is 4.51. The highest BCUT2D eigenvalue weighted by Crippen LogP contribution is 2.10. The molecule has 0 aliphatic heterocycles. The van der Waals surface area contributed by atoms with Crippen molar-refractivity contribution in [3.8, 4) is 0 Å². The summed E-state index contributed by atoms with van der Waals surface area (Å²) in [5, 5.41) is 11.3. The third kappa shape index (κ3) is 4.95. The maximum absolute atomic E-state index is 13.4. The first-order valence-corrected chi connectivity index (χ1v) is 6.40. The zero-order valence-corrected chi connectivity index (χ0v) is 11.2. The van der Waals surface area contributed by atoms with Crippen LogP contribution in [0.2, 0.25) is 0 Å². The molecule has 1 amide bonds. The fourth-order valence-corrected chi connectivity index (χ4v) is 1.75. The molecule has 0 heterocycles. The van der Waals surface area contributed by atoms with Crippen LogP contribution in [0.25, 0.3) is 0 Å². The Hall–Kier alpha value is -1.98. The Labute approximate surface area is 115 Å². The minimum Gasteiger partial charge on any atom is -0.480 e. The van der Waals surface area contributed by atoms with E-state index < -0.39 is 29.6 Å². The van der Waals surface area contributed by atoms with Crippen LogP contribution in [0.5, 0.6) is 0 Å². The first-order chi connectivity index (χ1) is 9.43. The largest absolute Gasteiger partial charge is 0.480 e. The Morgan fingerprint density at radius 2 is 2.05 bits per heavy atom. The van der Waals surface area contributed by atoms with Gasteiger partial charge in [0.05, 0.1) is 6.42 Å². The second-order valence-corrected chi connectivity index (χ2v) is 4.51. The molecule has 0 aliphatic rings. The highest BCUT2D eigenvalue weighted by atomic mass is 19.1. The third-order valence-corrected chi connectivity index (χ3v) is 2.85. The molecule has 0 aromatic heterocycles. The van der Waals surface area contributed by atoms with Gasteiger partial charge in [-0.15, -0.1) is 0 Å². The molecule has 20 heavy (non-hydrogen) atoms. The topological polar surface area (TPSA) is 66.4 Å². The van der Waals surface area contributed by atoms with Gasteiger partial charge < -0.3 is 10.4 Å². The summed E-state index contributed by atoms with van der Waals surface area (Å²) < 4.78 is 26.1. The van der Waals surface area contributed by atoms with Crippen LogP contribution < -0.4 is 5.32 Å². The second kappa shape index (κ2) is 7.57. The van der Waals surface area contributed by atoms with Crippen molar-refractivity contribution in [1.29, 1.82) is 0 Å². The first kappa shape index (κ1) is 16.1. The molecule has 0 aliphatic carbocycles. The van der Waals surface area contributed by atoms with Crippen molar-refractivity contribution >= 4 is 11.9 Å². The van der Waals surface area contributed by atoms with Gasteiger partial charge in [0, 0.05) is 6.07 Å². The predicted molar refractivity (Wildman–Crippen MR) is 69.2 cm³/mol. The van der Waals surface area contributed by atoms with Crippen molar-refractivity contribution in [3.05, 3.63) is 35.4 Å². The SMILES string of the molecule is CCCCC(NC(=O)Cc1ccc(F)cc1F)C(=O)O. The van der Waals surface area contributed by atoms with Crippen molar-refractivity contribution in [2.24, 2.45) is 0 Å². The van der Waals surface area contributed by atoms with Crippen molar-refractivity contribution < 1.29 is 23.5 Å².